The third-order valence-electron chi connectivity index (χ3n) is 5.75. The van der Waals surface area contributed by atoms with Crippen LogP contribution in [0, 0.1) is 12.5 Å². The van der Waals surface area contributed by atoms with Crippen LogP contribution in [0.3, 0.4) is 0 Å². The molecule has 0 rings (SSSR count). The highest BCUT2D eigenvalue weighted by Gasteiger charge is 1.88. The lowest BCUT2D eigenvalue weighted by Gasteiger charge is -2.02. The van der Waals surface area contributed by atoms with Crippen LogP contribution in [0.4, 0.5) is 0 Å². The van der Waals surface area contributed by atoms with Crippen LogP contribution in [0.5, 0.6) is 0 Å². The van der Waals surface area contributed by atoms with Gasteiger partial charge in [-0.15, -0.1) is 6.58 Å². The zero-order chi connectivity index (χ0) is 90.4. The number of hydrazone groups is 1. The number of methoxy groups -OCH3 is 4. The highest BCUT2D eigenvalue weighted by atomic mass is 16.6. The van der Waals surface area contributed by atoms with Gasteiger partial charge in [-0.1, -0.05) is 194 Å². The standard InChI is InChI=1S/C5H8N2.3C4H9NO.2C4H11N.C4H10O.C4H10.5C3H7NO.C3H9N.3C3H8O.C3H6O.C3H8.C3H6.C2H6O.3C2H6.10CH4/c1-4-6-7-5(2)3;2*1-4(6)5(2)3;1-4(2)5-6-3;2*1-4-5(2)3;1-4(2)5-3;1-3-4-2;5*1-4(2)3-5;1-4(2)3;2*1-3-4-2;2*1-3(2)4;3*1-3-2;3*1-2;;;;;;;;;;/h1,6H,2-3H3;3*1-3H3;2*4H2,1-3H3;4H,1-3H3;3-4H2,1-2H3;5*3H,1-2H3;1-3H3;2*3H2,1-2H3;3-4H,1-2H3;1-2H3;3H2,1-2H3;3H,1H2,2H3;1-2H3;3*1-2H3;10*1H4. The van der Waals surface area contributed by atoms with E-state index >= 15 is 0 Å². The molecule has 0 fully saturated rings. The molecule has 0 saturated carbocycles. The summed E-state index contributed by atoms with van der Waals surface area (Å²) >= 11 is 0. The second kappa shape index (κ2) is 268. The monoisotopic (exact) mass is 1680 g/mol. The molecule has 0 spiro atoms. The number of hydrogen-bond donors (Lipinski definition) is 2. The molecule has 0 aromatic rings. The molecule has 0 aromatic heterocycles. The molecule has 2 N–H and O–H groups in total. The molecular weight excluding hydrogens is 1450 g/mol. The number of amides is 7. The van der Waals surface area contributed by atoms with Crippen LogP contribution in [-0.4, -0.2) is 344 Å². The summed E-state index contributed by atoms with van der Waals surface area (Å²) in [7, 11) is 47.8. The van der Waals surface area contributed by atoms with Gasteiger partial charge in [-0.05, 0) is 152 Å². The van der Waals surface area contributed by atoms with Crippen LogP contribution in [0.1, 0.15) is 280 Å². The second-order valence-electron chi connectivity index (χ2n) is 21.8. The van der Waals surface area contributed by atoms with Gasteiger partial charge in [0.05, 0.1) is 11.8 Å². The number of oxime groups is 1. The predicted molar refractivity (Wildman–Crippen MR) is 530 cm³/mol. The second-order valence-corrected chi connectivity index (χ2v) is 21.8. The van der Waals surface area contributed by atoms with Gasteiger partial charge >= 0.3 is 0 Å². The van der Waals surface area contributed by atoms with Crippen molar-refractivity contribution in [2.24, 2.45) is 10.3 Å². The molecule has 0 aliphatic rings. The third-order valence-corrected chi connectivity index (χ3v) is 5.75. The zero-order valence-corrected chi connectivity index (χ0v) is 79.5. The first-order chi connectivity index (χ1) is 47.7. The number of hydrogen-bond acceptors (Lipinski definition) is 20. The van der Waals surface area contributed by atoms with E-state index in [1.54, 1.807) is 154 Å². The van der Waals surface area contributed by atoms with Crippen molar-refractivity contribution in [3.05, 3.63) is 12.7 Å². The average Bonchev–Trinajstić information content (AvgIpc) is 1.10. The number of nitrogens with one attached hydrogen (secondary N) is 1. The van der Waals surface area contributed by atoms with Gasteiger partial charge in [0.25, 0.3) is 0 Å². The van der Waals surface area contributed by atoms with E-state index in [9.17, 15) is 38.4 Å². The lowest BCUT2D eigenvalue weighted by molar-refractivity contribution is -0.127. The molecule has 0 heterocycles. The molecule has 0 saturated heterocycles. The zero-order valence-electron chi connectivity index (χ0n) is 79.5. The SMILES string of the molecule is C.C.C.C.C.C.C.C.C.C.C#CNN=C(C)C.C=CC.CC.CC.CC.CC(=O)N(C)C.CC(=O)N(C)C.CC(C)=O.CC(C)O.CCC.CCCC.CCN(C)C.CCN(C)C.CCOC.CCOC.CN(C)C.CN(C)C=O.CN(C)C=O.CN(C)C=O.CN(C)C=O.CN(C)C=O.COC.COC(C)C.CON=C(C)C. The number of ketones is 1. The van der Waals surface area contributed by atoms with Crippen LogP contribution >= 0.6 is 0 Å². The molecule has 114 heavy (non-hydrogen) atoms. The Labute approximate surface area is 724 Å². The molecule has 27 heteroatoms. The molecule has 0 unspecified atom stereocenters. The van der Waals surface area contributed by atoms with Gasteiger partial charge in [0.2, 0.25) is 43.9 Å². The van der Waals surface area contributed by atoms with Crippen molar-refractivity contribution in [1.82, 2.24) is 54.4 Å². The Hall–Kier alpha value is -6.12. The summed E-state index contributed by atoms with van der Waals surface area (Å²) in [6.45, 7) is 59.0. The van der Waals surface area contributed by atoms with E-state index in [0.717, 1.165) is 69.8 Å². The summed E-state index contributed by atoms with van der Waals surface area (Å²) < 4.78 is 18.1. The number of rotatable bonds is 13. The smallest absolute Gasteiger partial charge is 0.218 e. The van der Waals surface area contributed by atoms with Crippen molar-refractivity contribution >= 4 is 61.1 Å². The predicted octanol–water partition coefficient (Wildman–Crippen LogP) is 19.1. The van der Waals surface area contributed by atoms with Crippen LogP contribution in [-0.2, 0) is 62.1 Å². The van der Waals surface area contributed by atoms with Crippen molar-refractivity contribution in [3.63, 3.8) is 0 Å². The largest absolute Gasteiger partial charge is 0.399 e. The highest BCUT2D eigenvalue weighted by molar-refractivity contribution is 5.79. The molecular formula is C87H229N13O14. The van der Waals surface area contributed by atoms with Crippen LogP contribution in [0.15, 0.2) is 22.9 Å². The Morgan fingerprint density at radius 2 is 0.553 bits per heavy atom. The molecule has 726 valence electrons. The van der Waals surface area contributed by atoms with Crippen LogP contribution in [0.25, 0.3) is 0 Å². The lowest BCUT2D eigenvalue weighted by Crippen LogP contribution is -2.17. The number of terminal acetylenes is 1. The fraction of sp³-hybridized carbons (Fsp3) is 0.839. The van der Waals surface area contributed by atoms with Crippen molar-refractivity contribution in [1.29, 1.82) is 0 Å². The van der Waals surface area contributed by atoms with Crippen LogP contribution in [0.2, 0.25) is 0 Å². The van der Waals surface area contributed by atoms with Gasteiger partial charge in [-0.25, -0.2) is 5.43 Å². The normalized spacial score (nSPS) is 6.59. The number of unbranched alkanes of at least 4 members (excludes halogenated alkanes) is 1. The van der Waals surface area contributed by atoms with E-state index < -0.39 is 0 Å². The molecule has 0 atom stereocenters. The molecule has 0 bridgehead atoms. The fourth-order valence-electron chi connectivity index (χ4n) is 0.327. The van der Waals surface area contributed by atoms with E-state index in [2.05, 4.69) is 127 Å². The minimum absolute atomic E-state index is 0. The molecule has 0 aliphatic carbocycles. The Morgan fingerprint density at radius 1 is 0.439 bits per heavy atom. The Balaban J connectivity index is -0.0000000183. The van der Waals surface area contributed by atoms with Gasteiger partial charge in [-0.3, -0.25) is 33.6 Å². The van der Waals surface area contributed by atoms with Crippen molar-refractivity contribution in [3.8, 4) is 12.5 Å². The minimum atomic E-state index is -0.167. The van der Waals surface area contributed by atoms with E-state index in [1.807, 2.05) is 130 Å². The number of nitrogens with zero attached hydrogens (tertiary/aromatic N) is 12. The number of allylic oxidation sites excluding steroid dienone is 1. The van der Waals surface area contributed by atoms with Gasteiger partial charge in [0, 0.05) is 179 Å². The number of carbonyl (C=O) groups excluding carboxylic acids is 8. The number of aliphatic hydroxyl groups is 1. The summed E-state index contributed by atoms with van der Waals surface area (Å²) in [5, 5.41) is 15.3. The summed E-state index contributed by atoms with van der Waals surface area (Å²) in [5.74, 6) is 0.352. The van der Waals surface area contributed by atoms with Gasteiger partial charge in [-0.2, -0.15) is 5.10 Å². The molecule has 7 amide bonds. The van der Waals surface area contributed by atoms with Crippen molar-refractivity contribution in [2.45, 2.75) is 293 Å². The topological polar surface area (TPSA) is 272 Å². The Kier molecular flexibility index (Phi) is 531. The molecule has 0 aliphatic heterocycles. The summed E-state index contributed by atoms with van der Waals surface area (Å²) in [6, 6.07) is 2.16. The Morgan fingerprint density at radius 3 is 0.561 bits per heavy atom. The maximum Gasteiger partial charge on any atom is 0.218 e. The average molecular weight is 1680 g/mol. The summed E-state index contributed by atoms with van der Waals surface area (Å²) in [5.41, 5.74) is 4.23. The van der Waals surface area contributed by atoms with Crippen molar-refractivity contribution in [2.75, 3.05) is 217 Å². The first-order valence-corrected chi connectivity index (χ1v) is 34.9. The molecule has 0 aromatic carbocycles. The maximum absolute atomic E-state index is 10.1. The van der Waals surface area contributed by atoms with E-state index in [0.29, 0.717) is 6.10 Å². The fourth-order valence-corrected chi connectivity index (χ4v) is 0.327. The lowest BCUT2D eigenvalue weighted by atomic mass is 10.4. The number of ether oxygens (including phenoxy) is 4. The van der Waals surface area contributed by atoms with E-state index in [-0.39, 0.29) is 98.0 Å². The number of aliphatic hydroxyl groups excluding tert-OH is 1. The highest BCUT2D eigenvalue weighted by Crippen LogP contribution is 1.78. The Bertz CT molecular complexity index is 1340. The maximum atomic E-state index is 10.1. The molecule has 0 radical (unpaired) electrons. The molecule has 27 nitrogen and oxygen atoms in total. The number of carbonyl (C=O) groups is 8. The van der Waals surface area contributed by atoms with E-state index in [4.69, 9.17) is 16.3 Å². The minimum Gasteiger partial charge on any atom is -0.399 e. The van der Waals surface area contributed by atoms with Crippen molar-refractivity contribution < 1.29 is 67.2 Å². The summed E-state index contributed by atoms with van der Waals surface area (Å²) in [4.78, 5) is 97.7. The quantitative estimate of drug-likeness (QED) is 0.0433. The summed E-state index contributed by atoms with van der Waals surface area (Å²) in [6.07, 6.45) is 14.4. The third kappa shape index (κ3) is 1500. The number of Topliss-reactive ketones (excluding diaryl/α,β-unsaturated/α-hetero) is 1. The first kappa shape index (κ1) is 226. The van der Waals surface area contributed by atoms with E-state index in [1.165, 1.54) is 88.4 Å². The van der Waals surface area contributed by atoms with Gasteiger partial charge in [0.15, 0.2) is 0 Å². The van der Waals surface area contributed by atoms with Crippen LogP contribution < -0.4 is 5.43 Å². The van der Waals surface area contributed by atoms with Gasteiger partial charge < -0.3 is 82.7 Å². The van der Waals surface area contributed by atoms with Gasteiger partial charge in [0.1, 0.15) is 12.9 Å². The first-order valence-electron chi connectivity index (χ1n) is 34.9.